The molecule has 0 aliphatic carbocycles. The van der Waals surface area contributed by atoms with Gasteiger partial charge in [0.05, 0.1) is 19.2 Å². The van der Waals surface area contributed by atoms with Crippen LogP contribution in [0.3, 0.4) is 0 Å². The van der Waals surface area contributed by atoms with E-state index in [4.69, 9.17) is 9.84 Å². The van der Waals surface area contributed by atoms with Crippen molar-refractivity contribution >= 4 is 10.9 Å². The Kier molecular flexibility index (Phi) is 4.16. The number of fused-ring (bicyclic) bond motifs is 1. The van der Waals surface area contributed by atoms with Crippen LogP contribution in [0.1, 0.15) is 5.69 Å². The van der Waals surface area contributed by atoms with Crippen molar-refractivity contribution in [2.24, 2.45) is 0 Å². The molecule has 2 aromatic heterocycles. The minimum absolute atomic E-state index is 0.0376. The van der Waals surface area contributed by atoms with Gasteiger partial charge in [0.1, 0.15) is 5.75 Å². The molecule has 5 nitrogen and oxygen atoms in total. The third kappa shape index (κ3) is 2.71. The lowest BCUT2D eigenvalue weighted by molar-refractivity contribution is 0.342. The van der Waals surface area contributed by atoms with Crippen LogP contribution in [0, 0.1) is 0 Å². The molecule has 3 aromatic rings. The lowest BCUT2D eigenvalue weighted by Crippen LogP contribution is -2.03. The number of ether oxygens (including phenoxy) is 1. The number of methoxy groups -OCH3 is 1. The minimum atomic E-state index is 0.0376. The highest BCUT2D eigenvalue weighted by atomic mass is 16.5. The molecule has 0 aliphatic rings. The van der Waals surface area contributed by atoms with Crippen LogP contribution in [0.4, 0.5) is 0 Å². The molecule has 0 saturated carbocycles. The van der Waals surface area contributed by atoms with Gasteiger partial charge < -0.3 is 9.84 Å². The van der Waals surface area contributed by atoms with Crippen molar-refractivity contribution in [1.82, 2.24) is 14.5 Å². The number of allylic oxidation sites excluding steroid dienone is 1. The number of benzene rings is 1. The minimum Gasteiger partial charge on any atom is -0.497 e. The van der Waals surface area contributed by atoms with E-state index in [9.17, 15) is 0 Å². The first-order valence-electron chi connectivity index (χ1n) is 7.05. The van der Waals surface area contributed by atoms with Gasteiger partial charge in [-0.1, -0.05) is 12.2 Å². The van der Waals surface area contributed by atoms with Crippen LogP contribution in [0.2, 0.25) is 0 Å². The van der Waals surface area contributed by atoms with Crippen molar-refractivity contribution in [1.29, 1.82) is 0 Å². The highest BCUT2D eigenvalue weighted by molar-refractivity contribution is 5.84. The van der Waals surface area contributed by atoms with Crippen molar-refractivity contribution in [2.75, 3.05) is 13.7 Å². The van der Waals surface area contributed by atoms with Gasteiger partial charge in [-0.15, -0.1) is 0 Å². The Labute approximate surface area is 128 Å². The van der Waals surface area contributed by atoms with E-state index in [0.717, 1.165) is 22.3 Å². The fraction of sp³-hybridized carbons (Fsp3) is 0.176. The molecule has 0 bridgehead atoms. The standard InChI is InChI=1S/C17H17N3O2/c1-22-15-6-7-16-13(12-15)11-14(5-2-3-10-21)20(16)17-18-8-4-9-19-17/h2-4,6-9,11-12,21H,5,10H2,1H3/b3-2+. The number of aliphatic hydroxyl groups is 1. The molecule has 22 heavy (non-hydrogen) atoms. The second kappa shape index (κ2) is 6.41. The average Bonchev–Trinajstić information content (AvgIpc) is 2.93. The van der Waals surface area contributed by atoms with E-state index in [-0.39, 0.29) is 6.61 Å². The van der Waals surface area contributed by atoms with Crippen molar-refractivity contribution < 1.29 is 9.84 Å². The summed E-state index contributed by atoms with van der Waals surface area (Å²) >= 11 is 0. The average molecular weight is 295 g/mol. The molecule has 0 spiro atoms. The molecule has 5 heteroatoms. The monoisotopic (exact) mass is 295 g/mol. The Morgan fingerprint density at radius 3 is 2.73 bits per heavy atom. The van der Waals surface area contributed by atoms with E-state index in [1.165, 1.54) is 0 Å². The molecule has 0 amide bonds. The van der Waals surface area contributed by atoms with E-state index in [1.54, 1.807) is 31.6 Å². The van der Waals surface area contributed by atoms with Crippen LogP contribution >= 0.6 is 0 Å². The number of hydrogen-bond donors (Lipinski definition) is 1. The van der Waals surface area contributed by atoms with Crippen LogP contribution in [0.15, 0.2) is 54.9 Å². The molecule has 0 aliphatic heterocycles. The summed E-state index contributed by atoms with van der Waals surface area (Å²) in [5.41, 5.74) is 2.08. The van der Waals surface area contributed by atoms with Gasteiger partial charge in [-0.25, -0.2) is 9.97 Å². The maximum atomic E-state index is 8.90. The second-order valence-electron chi connectivity index (χ2n) is 4.80. The highest BCUT2D eigenvalue weighted by Crippen LogP contribution is 2.27. The molecule has 2 heterocycles. The van der Waals surface area contributed by atoms with Crippen molar-refractivity contribution in [3.05, 3.63) is 60.6 Å². The zero-order chi connectivity index (χ0) is 15.4. The summed E-state index contributed by atoms with van der Waals surface area (Å²) in [5.74, 6) is 1.45. The number of rotatable bonds is 5. The Hall–Kier alpha value is -2.66. The summed E-state index contributed by atoms with van der Waals surface area (Å²) in [6.45, 7) is 0.0376. The SMILES string of the molecule is COc1ccc2c(c1)cc(C/C=C/CO)n2-c1ncccn1. The van der Waals surface area contributed by atoms with Crippen LogP contribution in [-0.2, 0) is 6.42 Å². The van der Waals surface area contributed by atoms with Crippen LogP contribution in [-0.4, -0.2) is 33.4 Å². The van der Waals surface area contributed by atoms with Gasteiger partial charge >= 0.3 is 0 Å². The molecular weight excluding hydrogens is 278 g/mol. The van der Waals surface area contributed by atoms with Crippen molar-refractivity contribution in [3.8, 4) is 11.7 Å². The van der Waals surface area contributed by atoms with Gasteiger partial charge in [0.15, 0.2) is 0 Å². The fourth-order valence-corrected chi connectivity index (χ4v) is 2.45. The van der Waals surface area contributed by atoms with Crippen LogP contribution < -0.4 is 4.74 Å². The molecular formula is C17H17N3O2. The van der Waals surface area contributed by atoms with Gasteiger partial charge in [-0.3, -0.25) is 4.57 Å². The summed E-state index contributed by atoms with van der Waals surface area (Å²) in [7, 11) is 1.66. The van der Waals surface area contributed by atoms with Gasteiger partial charge in [-0.05, 0) is 30.3 Å². The van der Waals surface area contributed by atoms with E-state index in [1.807, 2.05) is 28.8 Å². The van der Waals surface area contributed by atoms with E-state index >= 15 is 0 Å². The molecule has 0 atom stereocenters. The van der Waals surface area contributed by atoms with Gasteiger partial charge in [0.25, 0.3) is 0 Å². The van der Waals surface area contributed by atoms with Crippen molar-refractivity contribution in [2.45, 2.75) is 6.42 Å². The molecule has 1 aromatic carbocycles. The lowest BCUT2D eigenvalue weighted by atomic mass is 10.2. The largest absolute Gasteiger partial charge is 0.497 e. The van der Waals surface area contributed by atoms with Gasteiger partial charge in [-0.2, -0.15) is 0 Å². The summed E-state index contributed by atoms with van der Waals surface area (Å²) in [6, 6.07) is 9.81. The first-order chi connectivity index (χ1) is 10.8. The van der Waals surface area contributed by atoms with Crippen LogP contribution in [0.5, 0.6) is 5.75 Å². The highest BCUT2D eigenvalue weighted by Gasteiger charge is 2.12. The normalized spacial score (nSPS) is 11.4. The van der Waals surface area contributed by atoms with E-state index < -0.39 is 0 Å². The number of nitrogens with zero attached hydrogens (tertiary/aromatic N) is 3. The Morgan fingerprint density at radius 1 is 1.18 bits per heavy atom. The third-order valence-electron chi connectivity index (χ3n) is 3.44. The molecule has 0 unspecified atom stereocenters. The molecule has 0 fully saturated rings. The lowest BCUT2D eigenvalue weighted by Gasteiger charge is -2.07. The Morgan fingerprint density at radius 2 is 2.00 bits per heavy atom. The first kappa shape index (κ1) is 14.3. The molecule has 0 saturated heterocycles. The summed E-state index contributed by atoms with van der Waals surface area (Å²) in [6.07, 6.45) is 7.81. The van der Waals surface area contributed by atoms with E-state index in [0.29, 0.717) is 12.4 Å². The summed E-state index contributed by atoms with van der Waals surface area (Å²) in [5, 5.41) is 9.97. The zero-order valence-electron chi connectivity index (χ0n) is 12.3. The smallest absolute Gasteiger partial charge is 0.234 e. The summed E-state index contributed by atoms with van der Waals surface area (Å²) < 4.78 is 7.31. The van der Waals surface area contributed by atoms with Crippen LogP contribution in [0.25, 0.3) is 16.9 Å². The second-order valence-corrected chi connectivity index (χ2v) is 4.80. The predicted octanol–water partition coefficient (Wildman–Crippen LogP) is 2.52. The van der Waals surface area contributed by atoms with Gasteiger partial charge in [0, 0.05) is 29.9 Å². The molecule has 0 radical (unpaired) electrons. The fourth-order valence-electron chi connectivity index (χ4n) is 2.45. The first-order valence-corrected chi connectivity index (χ1v) is 7.05. The molecule has 112 valence electrons. The Balaban J connectivity index is 2.16. The third-order valence-corrected chi connectivity index (χ3v) is 3.44. The molecule has 1 N–H and O–H groups in total. The molecule has 3 rings (SSSR count). The zero-order valence-corrected chi connectivity index (χ0v) is 12.3. The summed E-state index contributed by atoms with van der Waals surface area (Å²) in [4.78, 5) is 8.70. The number of hydrogen-bond acceptors (Lipinski definition) is 4. The predicted molar refractivity (Wildman–Crippen MR) is 85.3 cm³/mol. The number of aliphatic hydroxyl groups excluding tert-OH is 1. The number of aromatic nitrogens is 3. The van der Waals surface area contributed by atoms with E-state index in [2.05, 4.69) is 16.0 Å². The van der Waals surface area contributed by atoms with Gasteiger partial charge in [0.2, 0.25) is 5.95 Å². The van der Waals surface area contributed by atoms with Crippen molar-refractivity contribution in [3.63, 3.8) is 0 Å². The maximum Gasteiger partial charge on any atom is 0.234 e. The topological polar surface area (TPSA) is 60.2 Å². The maximum absolute atomic E-state index is 8.90. The quantitative estimate of drug-likeness (QED) is 0.735. The Bertz CT molecular complexity index is 794.